The molecule has 0 aliphatic rings. The third-order valence-corrected chi connectivity index (χ3v) is 3.74. The van der Waals surface area contributed by atoms with Crippen molar-refractivity contribution in [2.45, 2.75) is 20.1 Å². The summed E-state index contributed by atoms with van der Waals surface area (Å²) in [6, 6.07) is 14.7. The molecule has 0 saturated carbocycles. The van der Waals surface area contributed by atoms with Crippen LogP contribution in [0.2, 0.25) is 0 Å². The third-order valence-electron chi connectivity index (χ3n) is 3.74. The van der Waals surface area contributed by atoms with Gasteiger partial charge in [-0.25, -0.2) is 0 Å². The van der Waals surface area contributed by atoms with E-state index in [1.165, 1.54) is 0 Å². The molecule has 0 heterocycles. The van der Waals surface area contributed by atoms with Crippen LogP contribution in [0.5, 0.6) is 5.75 Å². The van der Waals surface area contributed by atoms with Crippen molar-refractivity contribution < 1.29 is 19.1 Å². The summed E-state index contributed by atoms with van der Waals surface area (Å²) in [5, 5.41) is 5.42. The molecule has 2 aromatic rings. The lowest BCUT2D eigenvalue weighted by Gasteiger charge is -2.12. The van der Waals surface area contributed by atoms with Gasteiger partial charge in [0.1, 0.15) is 5.75 Å². The zero-order valence-corrected chi connectivity index (χ0v) is 15.1. The summed E-state index contributed by atoms with van der Waals surface area (Å²) >= 11 is 0. The van der Waals surface area contributed by atoms with Crippen molar-refractivity contribution in [3.8, 4) is 5.75 Å². The van der Waals surface area contributed by atoms with E-state index >= 15 is 0 Å². The Bertz CT molecular complexity index is 746. The van der Waals surface area contributed by atoms with E-state index in [2.05, 4.69) is 10.6 Å². The summed E-state index contributed by atoms with van der Waals surface area (Å²) < 4.78 is 10.6. The lowest BCUT2D eigenvalue weighted by atomic mass is 10.1. The molecule has 0 aromatic heterocycles. The average Bonchev–Trinajstić information content (AvgIpc) is 2.66. The van der Waals surface area contributed by atoms with Crippen molar-refractivity contribution >= 4 is 11.8 Å². The van der Waals surface area contributed by atoms with Gasteiger partial charge in [-0.1, -0.05) is 36.4 Å². The molecule has 6 nitrogen and oxygen atoms in total. The Morgan fingerprint density at radius 3 is 2.38 bits per heavy atom. The Labute approximate surface area is 153 Å². The summed E-state index contributed by atoms with van der Waals surface area (Å²) in [4.78, 5) is 24.3. The number of amides is 2. The number of hydrogen-bond acceptors (Lipinski definition) is 4. The lowest BCUT2D eigenvalue weighted by molar-refractivity contribution is -0.120. The second-order valence-electron chi connectivity index (χ2n) is 5.59. The van der Waals surface area contributed by atoms with Gasteiger partial charge in [0.2, 0.25) is 5.91 Å². The van der Waals surface area contributed by atoms with Gasteiger partial charge in [-0.05, 0) is 30.2 Å². The summed E-state index contributed by atoms with van der Waals surface area (Å²) in [5.74, 6) is -0.107. The molecule has 26 heavy (non-hydrogen) atoms. The summed E-state index contributed by atoms with van der Waals surface area (Å²) in [7, 11) is 1.63. The van der Waals surface area contributed by atoms with Crippen LogP contribution in [0, 0.1) is 0 Å². The summed E-state index contributed by atoms with van der Waals surface area (Å²) in [6.45, 7) is 3.07. The normalized spacial score (nSPS) is 10.2. The maximum absolute atomic E-state index is 12.3. The van der Waals surface area contributed by atoms with Crippen molar-refractivity contribution in [1.82, 2.24) is 10.6 Å². The van der Waals surface area contributed by atoms with Crippen LogP contribution in [0.25, 0.3) is 0 Å². The fourth-order valence-electron chi connectivity index (χ4n) is 2.47. The monoisotopic (exact) mass is 356 g/mol. The van der Waals surface area contributed by atoms with Gasteiger partial charge in [0.05, 0.1) is 25.3 Å². The minimum absolute atomic E-state index is 0.105. The van der Waals surface area contributed by atoms with Gasteiger partial charge in [0.15, 0.2) is 0 Å². The van der Waals surface area contributed by atoms with E-state index in [1.807, 2.05) is 31.2 Å². The highest BCUT2D eigenvalue weighted by Gasteiger charge is 2.13. The Hall–Kier alpha value is -2.86. The van der Waals surface area contributed by atoms with Gasteiger partial charge in [-0.3, -0.25) is 9.59 Å². The van der Waals surface area contributed by atoms with E-state index < -0.39 is 0 Å². The average molecular weight is 356 g/mol. The molecular weight excluding hydrogens is 332 g/mol. The maximum Gasteiger partial charge on any atom is 0.255 e. The van der Waals surface area contributed by atoms with E-state index in [0.717, 1.165) is 11.1 Å². The summed E-state index contributed by atoms with van der Waals surface area (Å²) in [6.07, 6.45) is 0. The largest absolute Gasteiger partial charge is 0.493 e. The van der Waals surface area contributed by atoms with Crippen LogP contribution in [0.15, 0.2) is 48.5 Å². The number of hydrogen-bond donors (Lipinski definition) is 2. The highest BCUT2D eigenvalue weighted by Crippen LogP contribution is 2.17. The number of ether oxygens (including phenoxy) is 2. The number of carbonyl (C=O) groups excluding carboxylic acids is 2. The lowest BCUT2D eigenvalue weighted by Crippen LogP contribution is -2.36. The predicted molar refractivity (Wildman–Crippen MR) is 98.9 cm³/mol. The van der Waals surface area contributed by atoms with Crippen molar-refractivity contribution in [2.75, 3.05) is 20.3 Å². The first-order chi connectivity index (χ1) is 12.7. The molecule has 0 spiro atoms. The molecule has 0 aliphatic carbocycles. The number of para-hydroxylation sites is 1. The van der Waals surface area contributed by atoms with Crippen molar-refractivity contribution in [3.63, 3.8) is 0 Å². The van der Waals surface area contributed by atoms with E-state index in [-0.39, 0.29) is 18.4 Å². The Balaban J connectivity index is 1.86. The first-order valence-corrected chi connectivity index (χ1v) is 8.48. The number of methoxy groups -OCH3 is 1. The molecule has 0 unspecified atom stereocenters. The first kappa shape index (κ1) is 19.5. The minimum atomic E-state index is -0.344. The van der Waals surface area contributed by atoms with Crippen molar-refractivity contribution in [3.05, 3.63) is 65.2 Å². The predicted octanol–water partition coefficient (Wildman–Crippen LogP) is 2.28. The standard InChI is InChI=1S/C20H24N2O4/c1-3-26-18-11-7-6-10-17(18)20(24)22-13-19(23)21-12-15-8-4-5-9-16(15)14-25-2/h4-11H,3,12-14H2,1-2H3,(H,21,23)(H,22,24). The number of nitrogens with one attached hydrogen (secondary N) is 2. The molecule has 2 N–H and O–H groups in total. The number of carbonyl (C=O) groups is 2. The fourth-order valence-corrected chi connectivity index (χ4v) is 2.47. The molecule has 0 fully saturated rings. The van der Waals surface area contributed by atoms with Gasteiger partial charge >= 0.3 is 0 Å². The van der Waals surface area contributed by atoms with Crippen LogP contribution in [-0.4, -0.2) is 32.1 Å². The topological polar surface area (TPSA) is 76.7 Å². The van der Waals surface area contributed by atoms with Gasteiger partial charge in [-0.2, -0.15) is 0 Å². The van der Waals surface area contributed by atoms with E-state index in [9.17, 15) is 9.59 Å². The second-order valence-corrected chi connectivity index (χ2v) is 5.59. The quantitative estimate of drug-likeness (QED) is 0.723. The van der Waals surface area contributed by atoms with Crippen LogP contribution in [0.1, 0.15) is 28.4 Å². The second kappa shape index (κ2) is 10.2. The third kappa shape index (κ3) is 5.60. The molecule has 0 saturated heterocycles. The first-order valence-electron chi connectivity index (χ1n) is 8.48. The minimum Gasteiger partial charge on any atom is -0.493 e. The fraction of sp³-hybridized carbons (Fsp3) is 0.300. The SMILES string of the molecule is CCOc1ccccc1C(=O)NCC(=O)NCc1ccccc1COC. The van der Waals surface area contributed by atoms with Crippen LogP contribution < -0.4 is 15.4 Å². The van der Waals surface area contributed by atoms with Crippen LogP contribution in [0.4, 0.5) is 0 Å². The number of benzene rings is 2. The Morgan fingerprint density at radius 2 is 1.65 bits per heavy atom. The zero-order chi connectivity index (χ0) is 18.8. The molecule has 0 radical (unpaired) electrons. The maximum atomic E-state index is 12.3. The van der Waals surface area contributed by atoms with E-state index in [0.29, 0.717) is 31.1 Å². The van der Waals surface area contributed by atoms with Crippen LogP contribution >= 0.6 is 0 Å². The molecule has 2 rings (SSSR count). The number of rotatable bonds is 9. The van der Waals surface area contributed by atoms with Gasteiger partial charge in [0.25, 0.3) is 5.91 Å². The van der Waals surface area contributed by atoms with Gasteiger partial charge < -0.3 is 20.1 Å². The molecule has 6 heteroatoms. The Kier molecular flexibility index (Phi) is 7.64. The molecule has 0 aliphatic heterocycles. The molecule has 0 bridgehead atoms. The van der Waals surface area contributed by atoms with Crippen molar-refractivity contribution in [2.24, 2.45) is 0 Å². The zero-order valence-electron chi connectivity index (χ0n) is 15.1. The highest BCUT2D eigenvalue weighted by atomic mass is 16.5. The molecule has 0 atom stereocenters. The Morgan fingerprint density at radius 1 is 0.962 bits per heavy atom. The summed E-state index contributed by atoms with van der Waals surface area (Å²) in [5.41, 5.74) is 2.41. The molecule has 2 aromatic carbocycles. The van der Waals surface area contributed by atoms with Crippen molar-refractivity contribution in [1.29, 1.82) is 0 Å². The molecule has 2 amide bonds. The highest BCUT2D eigenvalue weighted by molar-refractivity contribution is 5.98. The smallest absolute Gasteiger partial charge is 0.255 e. The van der Waals surface area contributed by atoms with Crippen LogP contribution in [-0.2, 0) is 22.7 Å². The van der Waals surface area contributed by atoms with Gasteiger partial charge in [0, 0.05) is 13.7 Å². The van der Waals surface area contributed by atoms with E-state index in [4.69, 9.17) is 9.47 Å². The van der Waals surface area contributed by atoms with Crippen LogP contribution in [0.3, 0.4) is 0 Å². The van der Waals surface area contributed by atoms with E-state index in [1.54, 1.807) is 31.4 Å². The van der Waals surface area contributed by atoms with Gasteiger partial charge in [-0.15, -0.1) is 0 Å². The molecular formula is C20H24N2O4. The molecule has 138 valence electrons.